The van der Waals surface area contributed by atoms with E-state index in [1.807, 2.05) is 13.8 Å². The zero-order valence-corrected chi connectivity index (χ0v) is 11.0. The molecule has 0 bridgehead atoms. The van der Waals surface area contributed by atoms with Gasteiger partial charge in [0.25, 0.3) is 0 Å². The highest BCUT2D eigenvalue weighted by Gasteiger charge is 2.31. The van der Waals surface area contributed by atoms with Crippen molar-refractivity contribution in [3.63, 3.8) is 0 Å². The maximum atomic E-state index is 12.2. The normalized spacial score (nSPS) is 15.0. The average Bonchev–Trinajstić information content (AvgIpc) is 2.09. The molecule has 1 nitrogen and oxygen atoms in total. The molecule has 0 aromatic carbocycles. The van der Waals surface area contributed by atoms with Crippen molar-refractivity contribution < 1.29 is 13.2 Å². The van der Waals surface area contributed by atoms with Gasteiger partial charge in [-0.2, -0.15) is 13.2 Å². The first-order valence-electron chi connectivity index (χ1n) is 5.15. The lowest BCUT2D eigenvalue weighted by molar-refractivity contribution is -0.146. The van der Waals surface area contributed by atoms with Crippen LogP contribution in [0.15, 0.2) is 0 Å². The zero-order chi connectivity index (χ0) is 12.1. The summed E-state index contributed by atoms with van der Waals surface area (Å²) >= 11 is 3.35. The van der Waals surface area contributed by atoms with Crippen molar-refractivity contribution >= 4 is 15.9 Å². The van der Waals surface area contributed by atoms with Crippen LogP contribution in [0.1, 0.15) is 20.8 Å². The van der Waals surface area contributed by atoms with E-state index in [9.17, 15) is 13.2 Å². The quantitative estimate of drug-likeness (QED) is 0.676. The lowest BCUT2D eigenvalue weighted by Crippen LogP contribution is -2.39. The van der Waals surface area contributed by atoms with Crippen LogP contribution < -0.4 is 0 Å². The van der Waals surface area contributed by atoms with Crippen molar-refractivity contribution in [1.82, 2.24) is 4.90 Å². The molecule has 0 saturated carbocycles. The predicted octanol–water partition coefficient (Wildman–Crippen LogP) is 3.54. The van der Waals surface area contributed by atoms with E-state index >= 15 is 0 Å². The first kappa shape index (κ1) is 15.2. The molecule has 1 unspecified atom stereocenters. The Kier molecular flexibility index (Phi) is 6.84. The number of alkyl halides is 4. The Morgan fingerprint density at radius 2 is 1.80 bits per heavy atom. The van der Waals surface area contributed by atoms with Gasteiger partial charge in [-0.3, -0.25) is 4.90 Å². The van der Waals surface area contributed by atoms with E-state index in [1.165, 1.54) is 4.90 Å². The van der Waals surface area contributed by atoms with E-state index in [2.05, 4.69) is 15.9 Å². The number of halogens is 4. The first-order valence-corrected chi connectivity index (χ1v) is 6.27. The topological polar surface area (TPSA) is 3.24 Å². The minimum atomic E-state index is -4.09. The molecule has 15 heavy (non-hydrogen) atoms. The molecule has 0 fully saturated rings. The molecule has 0 N–H and O–H groups in total. The summed E-state index contributed by atoms with van der Waals surface area (Å²) in [5.41, 5.74) is 0. The van der Waals surface area contributed by atoms with Crippen LogP contribution in [0.4, 0.5) is 13.2 Å². The second-order valence-corrected chi connectivity index (χ2v) is 4.75. The van der Waals surface area contributed by atoms with E-state index in [0.717, 1.165) is 5.33 Å². The minimum absolute atomic E-state index is 0.271. The molecule has 0 aliphatic carbocycles. The van der Waals surface area contributed by atoms with Gasteiger partial charge in [-0.1, -0.05) is 36.7 Å². The van der Waals surface area contributed by atoms with E-state index in [4.69, 9.17) is 0 Å². The lowest BCUT2D eigenvalue weighted by atomic mass is 9.97. The Labute approximate surface area is 98.1 Å². The fraction of sp³-hybridized carbons (Fsp3) is 1.00. The van der Waals surface area contributed by atoms with Crippen LogP contribution in [0.2, 0.25) is 0 Å². The van der Waals surface area contributed by atoms with Gasteiger partial charge in [0.1, 0.15) is 0 Å². The van der Waals surface area contributed by atoms with Crippen molar-refractivity contribution in [2.45, 2.75) is 26.9 Å². The summed E-state index contributed by atoms with van der Waals surface area (Å²) < 4.78 is 36.6. The summed E-state index contributed by atoms with van der Waals surface area (Å²) in [6, 6.07) is 0. The number of rotatable bonds is 6. The molecule has 5 heteroatoms. The van der Waals surface area contributed by atoms with Crippen LogP contribution >= 0.6 is 15.9 Å². The Bertz CT molecular complexity index is 171. The summed E-state index contributed by atoms with van der Waals surface area (Å²) in [5, 5.41) is 0.749. The second-order valence-electron chi connectivity index (χ2n) is 4.10. The molecule has 0 rings (SSSR count). The predicted molar refractivity (Wildman–Crippen MR) is 60.3 cm³/mol. The largest absolute Gasteiger partial charge is 0.401 e. The number of hydrogen-bond donors (Lipinski definition) is 0. The monoisotopic (exact) mass is 289 g/mol. The molecular weight excluding hydrogens is 271 g/mol. The standard InChI is InChI=1S/C10H19BrF3N/c1-4-15(7-10(12,13)14)6-9(5-11)8(2)3/h8-9H,4-7H2,1-3H3. The number of hydrogen-bond acceptors (Lipinski definition) is 1. The van der Waals surface area contributed by atoms with Gasteiger partial charge in [-0.15, -0.1) is 0 Å². The summed E-state index contributed by atoms with van der Waals surface area (Å²) in [7, 11) is 0. The zero-order valence-electron chi connectivity index (χ0n) is 9.44. The molecule has 0 aliphatic rings. The summed E-state index contributed by atoms with van der Waals surface area (Å²) in [5.74, 6) is 0.666. The molecule has 0 heterocycles. The van der Waals surface area contributed by atoms with Crippen LogP contribution in [0.25, 0.3) is 0 Å². The molecule has 0 aromatic rings. The molecule has 0 radical (unpaired) electrons. The Balaban J connectivity index is 4.19. The molecule has 0 aromatic heterocycles. The smallest absolute Gasteiger partial charge is 0.295 e. The highest BCUT2D eigenvalue weighted by molar-refractivity contribution is 9.09. The van der Waals surface area contributed by atoms with E-state index in [-0.39, 0.29) is 5.92 Å². The van der Waals surface area contributed by atoms with Gasteiger partial charge in [0, 0.05) is 11.9 Å². The molecule has 0 amide bonds. The van der Waals surface area contributed by atoms with Gasteiger partial charge in [0.05, 0.1) is 6.54 Å². The number of nitrogens with zero attached hydrogens (tertiary/aromatic N) is 1. The average molecular weight is 290 g/mol. The van der Waals surface area contributed by atoms with Crippen molar-refractivity contribution in [2.75, 3.05) is 25.0 Å². The summed E-state index contributed by atoms with van der Waals surface area (Å²) in [6.07, 6.45) is -4.09. The molecule has 92 valence electrons. The molecule has 0 spiro atoms. The van der Waals surface area contributed by atoms with Crippen LogP contribution in [-0.2, 0) is 0 Å². The fourth-order valence-corrected chi connectivity index (χ4v) is 2.28. The summed E-state index contributed by atoms with van der Waals surface area (Å²) in [4.78, 5) is 1.45. The molecular formula is C10H19BrF3N. The third kappa shape index (κ3) is 7.17. The molecule has 0 saturated heterocycles. The van der Waals surface area contributed by atoms with Gasteiger partial charge in [0.15, 0.2) is 0 Å². The third-order valence-electron chi connectivity index (χ3n) is 2.48. The van der Waals surface area contributed by atoms with Crippen LogP contribution in [0.3, 0.4) is 0 Å². The molecule has 1 atom stereocenters. The highest BCUT2D eigenvalue weighted by Crippen LogP contribution is 2.20. The van der Waals surface area contributed by atoms with E-state index < -0.39 is 12.7 Å². The summed E-state index contributed by atoms with van der Waals surface area (Å²) in [6.45, 7) is 5.96. The first-order chi connectivity index (χ1) is 6.80. The molecule has 0 aliphatic heterocycles. The minimum Gasteiger partial charge on any atom is -0.295 e. The van der Waals surface area contributed by atoms with Crippen LogP contribution in [-0.4, -0.2) is 36.0 Å². The van der Waals surface area contributed by atoms with Gasteiger partial charge in [-0.05, 0) is 18.4 Å². The maximum absolute atomic E-state index is 12.2. The maximum Gasteiger partial charge on any atom is 0.401 e. The van der Waals surface area contributed by atoms with Crippen molar-refractivity contribution in [1.29, 1.82) is 0 Å². The van der Waals surface area contributed by atoms with Gasteiger partial charge >= 0.3 is 6.18 Å². The van der Waals surface area contributed by atoms with Crippen LogP contribution in [0.5, 0.6) is 0 Å². The van der Waals surface area contributed by atoms with E-state index in [1.54, 1.807) is 6.92 Å². The SMILES string of the molecule is CCN(CC(CBr)C(C)C)CC(F)(F)F. The Morgan fingerprint density at radius 1 is 1.27 bits per heavy atom. The van der Waals surface area contributed by atoms with Gasteiger partial charge in [0.2, 0.25) is 0 Å². The lowest BCUT2D eigenvalue weighted by Gasteiger charge is -2.28. The Hall–Kier alpha value is 0.230. The van der Waals surface area contributed by atoms with Crippen molar-refractivity contribution in [2.24, 2.45) is 11.8 Å². The fourth-order valence-electron chi connectivity index (χ4n) is 1.33. The highest BCUT2D eigenvalue weighted by atomic mass is 79.9. The van der Waals surface area contributed by atoms with Crippen molar-refractivity contribution in [3.05, 3.63) is 0 Å². The van der Waals surface area contributed by atoms with Gasteiger partial charge in [-0.25, -0.2) is 0 Å². The van der Waals surface area contributed by atoms with Crippen LogP contribution in [0, 0.1) is 11.8 Å². The second kappa shape index (κ2) is 6.74. The Morgan fingerprint density at radius 3 is 2.07 bits per heavy atom. The van der Waals surface area contributed by atoms with Gasteiger partial charge < -0.3 is 0 Å². The van der Waals surface area contributed by atoms with E-state index in [0.29, 0.717) is 19.0 Å². The van der Waals surface area contributed by atoms with Crippen molar-refractivity contribution in [3.8, 4) is 0 Å². The third-order valence-corrected chi connectivity index (χ3v) is 3.32.